The Kier molecular flexibility index (Phi) is 4.21. The second-order valence-electron chi connectivity index (χ2n) is 6.73. The summed E-state index contributed by atoms with van der Waals surface area (Å²) < 4.78 is 1.72. The average molecular weight is 344 g/mol. The van der Waals surface area contributed by atoms with Crippen molar-refractivity contribution in [3.8, 4) is 5.95 Å². The summed E-state index contributed by atoms with van der Waals surface area (Å²) >= 11 is 0. The van der Waals surface area contributed by atoms with Gasteiger partial charge < -0.3 is 0 Å². The predicted molar refractivity (Wildman–Crippen MR) is 100 cm³/mol. The molecular formula is C21H20N4O. The summed E-state index contributed by atoms with van der Waals surface area (Å²) in [5, 5.41) is 4.40. The smallest absolute Gasteiger partial charge is 0.251 e. The minimum atomic E-state index is 0.129. The number of allylic oxidation sites excluding steroid dienone is 1. The first-order valence-electron chi connectivity index (χ1n) is 8.76. The molecule has 0 amide bonds. The van der Waals surface area contributed by atoms with E-state index in [1.54, 1.807) is 10.9 Å². The third-order valence-corrected chi connectivity index (χ3v) is 4.59. The molecule has 1 aliphatic carbocycles. The van der Waals surface area contributed by atoms with E-state index in [1.165, 1.54) is 0 Å². The number of carbonyl (C=O) groups is 1. The van der Waals surface area contributed by atoms with Crippen LogP contribution in [0.25, 0.3) is 12.0 Å². The Bertz CT molecular complexity index is 968. The second kappa shape index (κ2) is 6.67. The van der Waals surface area contributed by atoms with E-state index in [1.807, 2.05) is 38.1 Å². The first-order valence-corrected chi connectivity index (χ1v) is 8.76. The van der Waals surface area contributed by atoms with E-state index in [0.29, 0.717) is 17.9 Å². The molecule has 0 saturated carbocycles. The molecule has 5 heteroatoms. The first-order chi connectivity index (χ1) is 12.6. The van der Waals surface area contributed by atoms with Crippen molar-refractivity contribution in [3.05, 3.63) is 76.9 Å². The molecule has 4 rings (SSSR count). The van der Waals surface area contributed by atoms with Crippen molar-refractivity contribution < 1.29 is 4.79 Å². The van der Waals surface area contributed by atoms with E-state index in [9.17, 15) is 4.79 Å². The van der Waals surface area contributed by atoms with Crippen LogP contribution in [-0.4, -0.2) is 25.5 Å². The summed E-state index contributed by atoms with van der Waals surface area (Å²) in [7, 11) is 0. The van der Waals surface area contributed by atoms with E-state index in [0.717, 1.165) is 29.1 Å². The van der Waals surface area contributed by atoms with Crippen molar-refractivity contribution in [2.45, 2.75) is 26.7 Å². The summed E-state index contributed by atoms with van der Waals surface area (Å²) in [6.45, 7) is 3.87. The third-order valence-electron chi connectivity index (χ3n) is 4.59. The van der Waals surface area contributed by atoms with Crippen LogP contribution in [0.3, 0.4) is 0 Å². The van der Waals surface area contributed by atoms with Gasteiger partial charge in [0.25, 0.3) is 5.95 Å². The quantitative estimate of drug-likeness (QED) is 0.726. The Morgan fingerprint density at radius 3 is 2.54 bits per heavy atom. The molecule has 5 nitrogen and oxygen atoms in total. The van der Waals surface area contributed by atoms with Gasteiger partial charge in [0.05, 0.1) is 17.5 Å². The lowest BCUT2D eigenvalue weighted by Gasteiger charge is -2.19. The zero-order chi connectivity index (χ0) is 18.1. The number of hydrogen-bond donors (Lipinski definition) is 0. The van der Waals surface area contributed by atoms with Gasteiger partial charge in [0.15, 0.2) is 5.78 Å². The summed E-state index contributed by atoms with van der Waals surface area (Å²) in [5.74, 6) is 0.811. The predicted octanol–water partition coefficient (Wildman–Crippen LogP) is 3.74. The van der Waals surface area contributed by atoms with Crippen LogP contribution >= 0.6 is 0 Å². The maximum Gasteiger partial charge on any atom is 0.251 e. The molecule has 2 aromatic heterocycles. The molecule has 0 saturated heterocycles. The van der Waals surface area contributed by atoms with Crippen LogP contribution in [0.1, 0.15) is 39.4 Å². The van der Waals surface area contributed by atoms with Crippen LogP contribution in [0.4, 0.5) is 0 Å². The van der Waals surface area contributed by atoms with Crippen molar-refractivity contribution >= 4 is 11.9 Å². The standard InChI is InChI=1S/C21H20N4O/c1-14-10-15(2)24-21(23-14)25-19-11-17(12-20(26)18(19)13-22-25)9-8-16-6-4-3-5-7-16/h3-10,13,17H,11-12H2,1-2H3/b9-8+. The molecule has 2 heterocycles. The fourth-order valence-corrected chi connectivity index (χ4v) is 3.39. The lowest BCUT2D eigenvalue weighted by Crippen LogP contribution is -2.21. The molecule has 0 aliphatic heterocycles. The molecule has 1 atom stereocenters. The molecule has 1 unspecified atom stereocenters. The number of carbonyl (C=O) groups excluding carboxylic acids is 1. The fourth-order valence-electron chi connectivity index (χ4n) is 3.39. The molecule has 1 aromatic carbocycles. The lowest BCUT2D eigenvalue weighted by molar-refractivity contribution is 0.0958. The Labute approximate surface area is 152 Å². The number of aromatic nitrogens is 4. The van der Waals surface area contributed by atoms with Gasteiger partial charge in [0.2, 0.25) is 0 Å². The minimum absolute atomic E-state index is 0.129. The van der Waals surface area contributed by atoms with Gasteiger partial charge in [-0.1, -0.05) is 42.5 Å². The number of fused-ring (bicyclic) bond motifs is 1. The van der Waals surface area contributed by atoms with Crippen LogP contribution < -0.4 is 0 Å². The molecule has 26 heavy (non-hydrogen) atoms. The monoisotopic (exact) mass is 344 g/mol. The molecule has 0 radical (unpaired) electrons. The van der Waals surface area contributed by atoms with Gasteiger partial charge in [-0.3, -0.25) is 4.79 Å². The van der Waals surface area contributed by atoms with Gasteiger partial charge in [-0.2, -0.15) is 5.10 Å². The Hall–Kier alpha value is -3.08. The highest BCUT2D eigenvalue weighted by atomic mass is 16.1. The van der Waals surface area contributed by atoms with Crippen LogP contribution in [0, 0.1) is 19.8 Å². The van der Waals surface area contributed by atoms with Gasteiger partial charge in [-0.25, -0.2) is 14.6 Å². The highest BCUT2D eigenvalue weighted by Gasteiger charge is 2.28. The zero-order valence-electron chi connectivity index (χ0n) is 14.9. The number of hydrogen-bond acceptors (Lipinski definition) is 4. The molecule has 0 spiro atoms. The van der Waals surface area contributed by atoms with Crippen molar-refractivity contribution in [1.29, 1.82) is 0 Å². The maximum absolute atomic E-state index is 12.6. The van der Waals surface area contributed by atoms with Crippen molar-refractivity contribution in [2.24, 2.45) is 5.92 Å². The van der Waals surface area contributed by atoms with Crippen molar-refractivity contribution in [2.75, 3.05) is 0 Å². The van der Waals surface area contributed by atoms with Gasteiger partial charge >= 0.3 is 0 Å². The number of benzene rings is 1. The highest BCUT2D eigenvalue weighted by molar-refractivity contribution is 5.98. The Morgan fingerprint density at radius 1 is 1.08 bits per heavy atom. The summed E-state index contributed by atoms with van der Waals surface area (Å²) in [5.41, 5.74) is 4.50. The Balaban J connectivity index is 1.66. The van der Waals surface area contributed by atoms with Crippen LogP contribution in [0.15, 0.2) is 48.7 Å². The average Bonchev–Trinajstić information content (AvgIpc) is 3.05. The van der Waals surface area contributed by atoms with Gasteiger partial charge in [-0.15, -0.1) is 0 Å². The number of aryl methyl sites for hydroxylation is 2. The highest BCUT2D eigenvalue weighted by Crippen LogP contribution is 2.28. The normalized spacial score (nSPS) is 16.8. The topological polar surface area (TPSA) is 60.7 Å². The van der Waals surface area contributed by atoms with Gasteiger partial charge in [0, 0.05) is 17.8 Å². The van der Waals surface area contributed by atoms with E-state index in [2.05, 4.69) is 39.4 Å². The number of nitrogens with zero attached hydrogens (tertiary/aromatic N) is 4. The molecular weight excluding hydrogens is 324 g/mol. The molecule has 130 valence electrons. The van der Waals surface area contributed by atoms with Crippen molar-refractivity contribution in [3.63, 3.8) is 0 Å². The van der Waals surface area contributed by atoms with Gasteiger partial charge in [-0.05, 0) is 37.8 Å². The molecule has 3 aromatic rings. The lowest BCUT2D eigenvalue weighted by atomic mass is 9.86. The second-order valence-corrected chi connectivity index (χ2v) is 6.73. The summed E-state index contributed by atoms with van der Waals surface area (Å²) in [6.07, 6.45) is 7.11. The largest absolute Gasteiger partial charge is 0.294 e. The van der Waals surface area contributed by atoms with E-state index >= 15 is 0 Å². The number of ketones is 1. The van der Waals surface area contributed by atoms with Crippen LogP contribution in [0.5, 0.6) is 0 Å². The number of Topliss-reactive ketones (excluding diaryl/α,β-unsaturated/α-hetero) is 1. The van der Waals surface area contributed by atoms with E-state index < -0.39 is 0 Å². The number of rotatable bonds is 3. The van der Waals surface area contributed by atoms with Crippen LogP contribution in [-0.2, 0) is 6.42 Å². The minimum Gasteiger partial charge on any atom is -0.294 e. The SMILES string of the molecule is Cc1cc(C)nc(-n2ncc3c2CC(/C=C/c2ccccc2)CC3=O)n1. The van der Waals surface area contributed by atoms with Crippen LogP contribution in [0.2, 0.25) is 0 Å². The van der Waals surface area contributed by atoms with Gasteiger partial charge in [0.1, 0.15) is 0 Å². The fraction of sp³-hybridized carbons (Fsp3) is 0.238. The maximum atomic E-state index is 12.6. The van der Waals surface area contributed by atoms with Crippen molar-refractivity contribution in [1.82, 2.24) is 19.7 Å². The van der Waals surface area contributed by atoms with E-state index in [4.69, 9.17) is 0 Å². The first kappa shape index (κ1) is 16.4. The third kappa shape index (κ3) is 3.20. The molecule has 0 bridgehead atoms. The molecule has 1 aliphatic rings. The summed E-state index contributed by atoms with van der Waals surface area (Å²) in [6, 6.07) is 12.1. The summed E-state index contributed by atoms with van der Waals surface area (Å²) in [4.78, 5) is 21.5. The zero-order valence-corrected chi connectivity index (χ0v) is 14.9. The molecule has 0 fully saturated rings. The molecule has 0 N–H and O–H groups in total. The Morgan fingerprint density at radius 2 is 1.81 bits per heavy atom. The van der Waals surface area contributed by atoms with E-state index in [-0.39, 0.29) is 11.7 Å².